The molecule has 0 aliphatic carbocycles. The number of amides is 2. The lowest BCUT2D eigenvalue weighted by Crippen LogP contribution is -2.37. The summed E-state index contributed by atoms with van der Waals surface area (Å²) in [4.78, 5) is 26.2. The van der Waals surface area contributed by atoms with Crippen LogP contribution in [0.1, 0.15) is 10.4 Å². The minimum Gasteiger partial charge on any atom is -0.347 e. The Labute approximate surface area is 111 Å². The number of rotatable bonds is 3. The summed E-state index contributed by atoms with van der Waals surface area (Å²) in [6.07, 6.45) is 0. The van der Waals surface area contributed by atoms with Crippen molar-refractivity contribution in [3.63, 3.8) is 0 Å². The zero-order valence-corrected chi connectivity index (χ0v) is 11.4. The van der Waals surface area contributed by atoms with Crippen molar-refractivity contribution in [1.82, 2.24) is 9.80 Å². The Kier molecular flexibility index (Phi) is 4.72. The molecule has 0 atom stereocenters. The average Bonchev–Trinajstić information content (AvgIpc) is 2.31. The molecular weight excluding hydrogens is 255 g/mol. The molecule has 6 heteroatoms. The minimum absolute atomic E-state index is 0.0227. The molecular formula is C12H15FN2O2S. The number of thiol groups is 1. The number of halogens is 1. The summed E-state index contributed by atoms with van der Waals surface area (Å²) in [5.41, 5.74) is 0.301. The Hall–Kier alpha value is -1.56. The molecule has 0 saturated heterocycles. The summed E-state index contributed by atoms with van der Waals surface area (Å²) in [5, 5.41) is 0. The molecule has 0 fully saturated rings. The van der Waals surface area contributed by atoms with Gasteiger partial charge in [0.15, 0.2) is 0 Å². The molecule has 98 valence electrons. The van der Waals surface area contributed by atoms with Crippen LogP contribution in [0.25, 0.3) is 0 Å². The maximum absolute atomic E-state index is 13.0. The van der Waals surface area contributed by atoms with Crippen LogP contribution < -0.4 is 0 Å². The highest BCUT2D eigenvalue weighted by Gasteiger charge is 2.16. The number of nitrogens with zero attached hydrogens (tertiary/aromatic N) is 2. The summed E-state index contributed by atoms with van der Waals surface area (Å²) < 4.78 is 13.0. The van der Waals surface area contributed by atoms with Crippen molar-refractivity contribution in [3.05, 3.63) is 29.6 Å². The minimum atomic E-state index is -0.484. The van der Waals surface area contributed by atoms with Gasteiger partial charge in [-0.15, -0.1) is 12.6 Å². The fraction of sp³-hybridized carbons (Fsp3) is 0.333. The van der Waals surface area contributed by atoms with Crippen LogP contribution in [-0.2, 0) is 4.79 Å². The summed E-state index contributed by atoms with van der Waals surface area (Å²) in [6, 6.07) is 3.89. The van der Waals surface area contributed by atoms with Gasteiger partial charge in [0.1, 0.15) is 5.82 Å². The van der Waals surface area contributed by atoms with E-state index in [1.807, 2.05) is 0 Å². The Morgan fingerprint density at radius 3 is 2.39 bits per heavy atom. The Balaban J connectivity index is 2.80. The van der Waals surface area contributed by atoms with Gasteiger partial charge in [0, 0.05) is 31.6 Å². The van der Waals surface area contributed by atoms with Crippen LogP contribution >= 0.6 is 12.6 Å². The number of carbonyl (C=O) groups excluding carboxylic acids is 2. The van der Waals surface area contributed by atoms with Crippen LogP contribution in [0.15, 0.2) is 23.1 Å². The van der Waals surface area contributed by atoms with E-state index in [2.05, 4.69) is 12.6 Å². The number of hydrogen-bond donors (Lipinski definition) is 1. The number of hydrogen-bond acceptors (Lipinski definition) is 3. The molecule has 1 aromatic carbocycles. The molecule has 4 nitrogen and oxygen atoms in total. The summed E-state index contributed by atoms with van der Waals surface area (Å²) in [7, 11) is 4.75. The van der Waals surface area contributed by atoms with E-state index in [0.717, 1.165) is 0 Å². The van der Waals surface area contributed by atoms with Crippen molar-refractivity contribution in [2.24, 2.45) is 0 Å². The summed E-state index contributed by atoms with van der Waals surface area (Å²) in [6.45, 7) is -0.0227. The van der Waals surface area contributed by atoms with Crippen LogP contribution in [-0.4, -0.2) is 49.3 Å². The fourth-order valence-electron chi connectivity index (χ4n) is 1.28. The number of benzene rings is 1. The average molecular weight is 270 g/mol. The molecule has 0 radical (unpaired) electrons. The molecule has 0 bridgehead atoms. The molecule has 0 aromatic heterocycles. The first kappa shape index (κ1) is 14.5. The topological polar surface area (TPSA) is 40.6 Å². The normalized spacial score (nSPS) is 10.1. The first-order valence-electron chi connectivity index (χ1n) is 5.27. The van der Waals surface area contributed by atoms with Gasteiger partial charge in [0.2, 0.25) is 5.91 Å². The lowest BCUT2D eigenvalue weighted by Gasteiger charge is -2.19. The monoisotopic (exact) mass is 270 g/mol. The highest BCUT2D eigenvalue weighted by molar-refractivity contribution is 7.80. The number of likely N-dealkylation sites (N-methyl/N-ethyl adjacent to an activating group) is 2. The zero-order chi connectivity index (χ0) is 13.9. The van der Waals surface area contributed by atoms with E-state index in [0.29, 0.717) is 5.56 Å². The third-order valence-electron chi connectivity index (χ3n) is 2.41. The molecule has 1 rings (SSSR count). The van der Waals surface area contributed by atoms with E-state index in [4.69, 9.17) is 0 Å². The van der Waals surface area contributed by atoms with Crippen LogP contribution in [0.2, 0.25) is 0 Å². The van der Waals surface area contributed by atoms with E-state index in [1.54, 1.807) is 14.1 Å². The third-order valence-corrected chi connectivity index (χ3v) is 2.75. The molecule has 0 aliphatic rings. The van der Waals surface area contributed by atoms with Gasteiger partial charge < -0.3 is 9.80 Å². The highest BCUT2D eigenvalue weighted by Crippen LogP contribution is 2.15. The van der Waals surface area contributed by atoms with Crippen molar-refractivity contribution >= 4 is 24.4 Å². The van der Waals surface area contributed by atoms with Gasteiger partial charge in [0.25, 0.3) is 5.91 Å². The fourth-order valence-corrected chi connectivity index (χ4v) is 1.50. The molecule has 2 amide bonds. The third kappa shape index (κ3) is 3.46. The molecule has 0 aliphatic heterocycles. The quantitative estimate of drug-likeness (QED) is 0.840. The van der Waals surface area contributed by atoms with Crippen molar-refractivity contribution in [3.8, 4) is 0 Å². The van der Waals surface area contributed by atoms with Crippen LogP contribution in [0.3, 0.4) is 0 Å². The first-order chi connectivity index (χ1) is 8.32. The van der Waals surface area contributed by atoms with E-state index < -0.39 is 5.82 Å². The standard InChI is InChI=1S/C12H15FN2O2S/c1-14(2)11(16)7-15(3)12(17)8-4-5-9(13)10(18)6-8/h4-6,18H,7H2,1-3H3. The lowest BCUT2D eigenvalue weighted by atomic mass is 10.2. The zero-order valence-electron chi connectivity index (χ0n) is 10.5. The van der Waals surface area contributed by atoms with Gasteiger partial charge in [0.05, 0.1) is 6.54 Å². The van der Waals surface area contributed by atoms with Crippen molar-refractivity contribution < 1.29 is 14.0 Å². The van der Waals surface area contributed by atoms with Crippen LogP contribution in [0.4, 0.5) is 4.39 Å². The molecule has 1 aromatic rings. The van der Waals surface area contributed by atoms with E-state index in [9.17, 15) is 14.0 Å². The van der Waals surface area contributed by atoms with Gasteiger partial charge >= 0.3 is 0 Å². The van der Waals surface area contributed by atoms with Gasteiger partial charge in [-0.2, -0.15) is 0 Å². The van der Waals surface area contributed by atoms with E-state index in [-0.39, 0.29) is 23.3 Å². The van der Waals surface area contributed by atoms with Crippen LogP contribution in [0.5, 0.6) is 0 Å². The second-order valence-corrected chi connectivity index (χ2v) is 4.60. The largest absolute Gasteiger partial charge is 0.347 e. The predicted molar refractivity (Wildman–Crippen MR) is 69.3 cm³/mol. The first-order valence-corrected chi connectivity index (χ1v) is 5.71. The Morgan fingerprint density at radius 1 is 1.28 bits per heavy atom. The van der Waals surface area contributed by atoms with E-state index in [1.165, 1.54) is 35.0 Å². The molecule has 0 spiro atoms. The lowest BCUT2D eigenvalue weighted by molar-refractivity contribution is -0.129. The van der Waals surface area contributed by atoms with Gasteiger partial charge in [-0.25, -0.2) is 4.39 Å². The highest BCUT2D eigenvalue weighted by atomic mass is 32.1. The van der Waals surface area contributed by atoms with Crippen LogP contribution in [0, 0.1) is 5.82 Å². The van der Waals surface area contributed by atoms with E-state index >= 15 is 0 Å². The maximum Gasteiger partial charge on any atom is 0.254 e. The molecule has 0 N–H and O–H groups in total. The van der Waals surface area contributed by atoms with Gasteiger partial charge in [-0.3, -0.25) is 9.59 Å². The van der Waals surface area contributed by atoms with Crippen molar-refractivity contribution in [2.45, 2.75) is 4.90 Å². The van der Waals surface area contributed by atoms with Crippen molar-refractivity contribution in [2.75, 3.05) is 27.7 Å². The molecule has 0 heterocycles. The Bertz CT molecular complexity index is 477. The second-order valence-electron chi connectivity index (χ2n) is 4.12. The molecule has 0 saturated carbocycles. The van der Waals surface area contributed by atoms with Crippen molar-refractivity contribution in [1.29, 1.82) is 0 Å². The SMILES string of the molecule is CN(C)C(=O)CN(C)C(=O)c1ccc(F)c(S)c1. The second kappa shape index (κ2) is 5.86. The Morgan fingerprint density at radius 2 is 1.89 bits per heavy atom. The number of carbonyl (C=O) groups is 2. The smallest absolute Gasteiger partial charge is 0.254 e. The van der Waals surface area contributed by atoms with Gasteiger partial charge in [-0.1, -0.05) is 0 Å². The molecule has 0 unspecified atom stereocenters. The summed E-state index contributed by atoms with van der Waals surface area (Å²) >= 11 is 3.91. The molecule has 18 heavy (non-hydrogen) atoms. The van der Waals surface area contributed by atoms with Gasteiger partial charge in [-0.05, 0) is 18.2 Å². The maximum atomic E-state index is 13.0. The summed E-state index contributed by atoms with van der Waals surface area (Å²) in [5.74, 6) is -1.01. The predicted octanol–water partition coefficient (Wildman–Crippen LogP) is 1.27.